The lowest BCUT2D eigenvalue weighted by Crippen LogP contribution is -2.34. The Hall–Kier alpha value is -1.49. The van der Waals surface area contributed by atoms with Gasteiger partial charge in [0, 0.05) is 22.8 Å². The number of hydrogen-bond donors (Lipinski definition) is 1. The fourth-order valence-corrected chi connectivity index (χ4v) is 2.47. The van der Waals surface area contributed by atoms with Crippen LogP contribution >= 0.6 is 35.4 Å². The van der Waals surface area contributed by atoms with Gasteiger partial charge in [-0.1, -0.05) is 35.3 Å². The standard InChI is InChI=1S/C17H18Cl2N2OS/c1-12-15(19)7-4-8-16(12)20-17(23)21(2)9-10-22-14-6-3-5-13(18)11-14/h3-8,11H,9-10H2,1-2H3,(H,20,23). The Labute approximate surface area is 152 Å². The molecule has 0 aromatic heterocycles. The number of thiocarbonyl (C=S) groups is 1. The minimum atomic E-state index is 0.507. The Morgan fingerprint density at radius 2 is 1.96 bits per heavy atom. The summed E-state index contributed by atoms with van der Waals surface area (Å²) in [5.41, 5.74) is 1.88. The molecule has 0 radical (unpaired) electrons. The molecule has 6 heteroatoms. The topological polar surface area (TPSA) is 24.5 Å². The van der Waals surface area contributed by atoms with Gasteiger partial charge in [0.1, 0.15) is 12.4 Å². The maximum atomic E-state index is 6.11. The van der Waals surface area contributed by atoms with E-state index in [0.29, 0.717) is 28.3 Å². The number of halogens is 2. The van der Waals surface area contributed by atoms with E-state index in [1.54, 1.807) is 6.07 Å². The fraction of sp³-hybridized carbons (Fsp3) is 0.235. The van der Waals surface area contributed by atoms with Crippen LogP contribution in [-0.4, -0.2) is 30.2 Å². The van der Waals surface area contributed by atoms with Crippen molar-refractivity contribution in [3.63, 3.8) is 0 Å². The molecule has 122 valence electrons. The molecule has 0 atom stereocenters. The van der Waals surface area contributed by atoms with Gasteiger partial charge in [-0.25, -0.2) is 0 Å². The third-order valence-electron chi connectivity index (χ3n) is 3.35. The number of ether oxygens (including phenoxy) is 1. The molecular formula is C17H18Cl2N2OS. The minimum Gasteiger partial charge on any atom is -0.492 e. The molecule has 0 aliphatic rings. The summed E-state index contributed by atoms with van der Waals surface area (Å²) in [6, 6.07) is 13.0. The SMILES string of the molecule is Cc1c(Cl)cccc1NC(=S)N(C)CCOc1cccc(Cl)c1. The van der Waals surface area contributed by atoms with Gasteiger partial charge in [-0.2, -0.15) is 0 Å². The van der Waals surface area contributed by atoms with E-state index >= 15 is 0 Å². The normalized spacial score (nSPS) is 10.3. The zero-order valence-electron chi connectivity index (χ0n) is 13.0. The zero-order chi connectivity index (χ0) is 16.8. The highest BCUT2D eigenvalue weighted by molar-refractivity contribution is 7.80. The third-order valence-corrected chi connectivity index (χ3v) is 4.41. The van der Waals surface area contributed by atoms with Gasteiger partial charge in [-0.15, -0.1) is 0 Å². The molecule has 3 nitrogen and oxygen atoms in total. The minimum absolute atomic E-state index is 0.507. The van der Waals surface area contributed by atoms with Crippen LogP contribution in [0.4, 0.5) is 5.69 Å². The molecule has 0 heterocycles. The first-order chi connectivity index (χ1) is 11.0. The van der Waals surface area contributed by atoms with E-state index in [1.807, 2.05) is 55.3 Å². The van der Waals surface area contributed by atoms with Crippen LogP contribution in [0.15, 0.2) is 42.5 Å². The Kier molecular flexibility index (Phi) is 6.51. The first kappa shape index (κ1) is 17.9. The lowest BCUT2D eigenvalue weighted by molar-refractivity contribution is 0.285. The van der Waals surface area contributed by atoms with Crippen molar-refractivity contribution in [1.29, 1.82) is 0 Å². The molecule has 0 saturated carbocycles. The summed E-state index contributed by atoms with van der Waals surface area (Å²) in [6.07, 6.45) is 0. The molecule has 0 bridgehead atoms. The summed E-state index contributed by atoms with van der Waals surface area (Å²) < 4.78 is 5.67. The van der Waals surface area contributed by atoms with E-state index in [4.69, 9.17) is 40.2 Å². The molecule has 0 spiro atoms. The van der Waals surface area contributed by atoms with Crippen LogP contribution in [0, 0.1) is 6.92 Å². The quantitative estimate of drug-likeness (QED) is 0.749. The fourth-order valence-electron chi connectivity index (χ4n) is 1.91. The first-order valence-electron chi connectivity index (χ1n) is 7.13. The second kappa shape index (κ2) is 8.39. The average molecular weight is 369 g/mol. The highest BCUT2D eigenvalue weighted by Crippen LogP contribution is 2.23. The van der Waals surface area contributed by atoms with Crippen molar-refractivity contribution in [3.05, 3.63) is 58.1 Å². The van der Waals surface area contributed by atoms with Crippen molar-refractivity contribution in [2.75, 3.05) is 25.5 Å². The first-order valence-corrected chi connectivity index (χ1v) is 8.29. The highest BCUT2D eigenvalue weighted by atomic mass is 35.5. The Balaban J connectivity index is 1.84. The maximum Gasteiger partial charge on any atom is 0.173 e. The molecule has 0 aliphatic heterocycles. The number of hydrogen-bond acceptors (Lipinski definition) is 2. The summed E-state index contributed by atoms with van der Waals surface area (Å²) in [6.45, 7) is 3.11. The number of rotatable bonds is 5. The lowest BCUT2D eigenvalue weighted by atomic mass is 10.2. The molecule has 0 amide bonds. The second-order valence-corrected chi connectivity index (χ2v) is 6.30. The van der Waals surface area contributed by atoms with E-state index in [9.17, 15) is 0 Å². The Morgan fingerprint density at radius 1 is 1.22 bits per heavy atom. The van der Waals surface area contributed by atoms with Crippen molar-refractivity contribution in [2.45, 2.75) is 6.92 Å². The Bertz CT molecular complexity index is 694. The van der Waals surface area contributed by atoms with Gasteiger partial charge in [-0.05, 0) is 55.0 Å². The smallest absolute Gasteiger partial charge is 0.173 e. The van der Waals surface area contributed by atoms with Crippen molar-refractivity contribution >= 4 is 46.2 Å². The van der Waals surface area contributed by atoms with Gasteiger partial charge < -0.3 is 15.0 Å². The monoisotopic (exact) mass is 368 g/mol. The van der Waals surface area contributed by atoms with Crippen LogP contribution in [0.5, 0.6) is 5.75 Å². The van der Waals surface area contributed by atoms with E-state index in [0.717, 1.165) is 17.0 Å². The van der Waals surface area contributed by atoms with Gasteiger partial charge in [0.15, 0.2) is 5.11 Å². The summed E-state index contributed by atoms with van der Waals surface area (Å²) in [7, 11) is 1.91. The second-order valence-electron chi connectivity index (χ2n) is 5.07. The molecule has 23 heavy (non-hydrogen) atoms. The van der Waals surface area contributed by atoms with E-state index in [2.05, 4.69) is 5.32 Å². The number of benzene rings is 2. The number of likely N-dealkylation sites (N-methyl/N-ethyl adjacent to an activating group) is 1. The van der Waals surface area contributed by atoms with E-state index < -0.39 is 0 Å². The predicted octanol–water partition coefficient (Wildman–Crippen LogP) is 5.01. The van der Waals surface area contributed by atoms with Crippen molar-refractivity contribution in [3.8, 4) is 5.75 Å². The Morgan fingerprint density at radius 3 is 2.70 bits per heavy atom. The molecule has 0 fully saturated rings. The van der Waals surface area contributed by atoms with Gasteiger partial charge in [0.25, 0.3) is 0 Å². The summed E-state index contributed by atoms with van der Waals surface area (Å²) in [5.74, 6) is 0.746. The molecule has 2 aromatic rings. The third kappa shape index (κ3) is 5.27. The highest BCUT2D eigenvalue weighted by Gasteiger charge is 2.08. The van der Waals surface area contributed by atoms with Crippen LogP contribution in [0.3, 0.4) is 0 Å². The molecular weight excluding hydrogens is 351 g/mol. The number of anilines is 1. The van der Waals surface area contributed by atoms with Crippen molar-refractivity contribution in [1.82, 2.24) is 4.90 Å². The van der Waals surface area contributed by atoms with E-state index in [1.165, 1.54) is 0 Å². The molecule has 0 aliphatic carbocycles. The number of nitrogens with one attached hydrogen (secondary N) is 1. The molecule has 2 rings (SSSR count). The van der Waals surface area contributed by atoms with E-state index in [-0.39, 0.29) is 0 Å². The van der Waals surface area contributed by atoms with Crippen LogP contribution in [0.25, 0.3) is 0 Å². The summed E-state index contributed by atoms with van der Waals surface area (Å²) in [4.78, 5) is 1.92. The summed E-state index contributed by atoms with van der Waals surface area (Å²) in [5, 5.41) is 5.19. The van der Waals surface area contributed by atoms with Crippen LogP contribution in [0.1, 0.15) is 5.56 Å². The average Bonchev–Trinajstić information content (AvgIpc) is 2.51. The molecule has 0 saturated heterocycles. The van der Waals surface area contributed by atoms with Gasteiger partial charge in [0.05, 0.1) is 6.54 Å². The van der Waals surface area contributed by atoms with Crippen molar-refractivity contribution < 1.29 is 4.74 Å². The molecule has 2 aromatic carbocycles. The molecule has 0 unspecified atom stereocenters. The van der Waals surface area contributed by atoms with Gasteiger partial charge in [-0.3, -0.25) is 0 Å². The summed E-state index contributed by atoms with van der Waals surface area (Å²) >= 11 is 17.4. The largest absolute Gasteiger partial charge is 0.492 e. The predicted molar refractivity (Wildman–Crippen MR) is 102 cm³/mol. The lowest BCUT2D eigenvalue weighted by Gasteiger charge is -2.22. The van der Waals surface area contributed by atoms with Gasteiger partial charge >= 0.3 is 0 Å². The maximum absolute atomic E-state index is 6.11. The van der Waals surface area contributed by atoms with Crippen molar-refractivity contribution in [2.24, 2.45) is 0 Å². The molecule has 1 N–H and O–H groups in total. The van der Waals surface area contributed by atoms with Crippen LogP contribution in [-0.2, 0) is 0 Å². The zero-order valence-corrected chi connectivity index (χ0v) is 15.3. The number of nitrogens with zero attached hydrogens (tertiary/aromatic N) is 1. The van der Waals surface area contributed by atoms with Crippen LogP contribution in [0.2, 0.25) is 10.0 Å². The van der Waals surface area contributed by atoms with Crippen LogP contribution < -0.4 is 10.1 Å². The van der Waals surface area contributed by atoms with Gasteiger partial charge in [0.2, 0.25) is 0 Å².